The van der Waals surface area contributed by atoms with Crippen molar-refractivity contribution in [3.63, 3.8) is 0 Å². The van der Waals surface area contributed by atoms with Crippen LogP contribution in [0.2, 0.25) is 0 Å². The molecular weight excluding hydrogens is 316 g/mol. The maximum atomic E-state index is 9.48. The Balaban J connectivity index is 1.88. The van der Waals surface area contributed by atoms with Crippen LogP contribution in [-0.4, -0.2) is 25.1 Å². The van der Waals surface area contributed by atoms with Crippen LogP contribution in [0.5, 0.6) is 11.5 Å². The Morgan fingerprint density at radius 2 is 1.44 bits per heavy atom. The first-order valence-electron chi connectivity index (χ1n) is 8.41. The third-order valence-corrected chi connectivity index (χ3v) is 4.94. The third-order valence-electron chi connectivity index (χ3n) is 4.94. The lowest BCUT2D eigenvalue weighted by molar-refractivity contribution is 0.294. The highest BCUT2D eigenvalue weighted by molar-refractivity contribution is 5.88. The molecule has 0 radical (unpaired) electrons. The van der Waals surface area contributed by atoms with Gasteiger partial charge in [0.05, 0.1) is 19.9 Å². The maximum Gasteiger partial charge on any atom is 0.118 e. The zero-order chi connectivity index (χ0) is 17.8. The molecule has 25 heavy (non-hydrogen) atoms. The lowest BCUT2D eigenvalue weighted by atomic mass is 9.81. The zero-order valence-electron chi connectivity index (χ0n) is 14.8. The van der Waals surface area contributed by atoms with Gasteiger partial charge in [0.15, 0.2) is 0 Å². The highest BCUT2D eigenvalue weighted by Gasteiger charge is 2.33. The second-order valence-electron chi connectivity index (χ2n) is 6.33. The second kappa shape index (κ2) is 7.57. The minimum Gasteiger partial charge on any atom is -0.497 e. The molecule has 0 aromatic heterocycles. The molecule has 0 saturated carbocycles. The van der Waals surface area contributed by atoms with E-state index in [4.69, 9.17) is 9.47 Å². The Morgan fingerprint density at radius 1 is 0.920 bits per heavy atom. The van der Waals surface area contributed by atoms with Crippen molar-refractivity contribution < 1.29 is 14.7 Å². The van der Waals surface area contributed by atoms with Gasteiger partial charge in [0, 0.05) is 24.4 Å². The average molecular weight is 340 g/mol. The van der Waals surface area contributed by atoms with Gasteiger partial charge >= 0.3 is 0 Å². The first-order chi connectivity index (χ1) is 12.2. The summed E-state index contributed by atoms with van der Waals surface area (Å²) in [5, 5.41) is 16.8. The van der Waals surface area contributed by atoms with Crippen molar-refractivity contribution in [2.24, 2.45) is 11.1 Å². The van der Waals surface area contributed by atoms with E-state index in [1.54, 1.807) is 14.2 Å². The number of hydrogen-bond acceptors (Lipinski definition) is 5. The number of rotatable bonds is 4. The molecule has 1 aliphatic heterocycles. The fourth-order valence-corrected chi connectivity index (χ4v) is 3.39. The van der Waals surface area contributed by atoms with E-state index in [9.17, 15) is 5.21 Å². The molecule has 3 atom stereocenters. The van der Waals surface area contributed by atoms with Crippen molar-refractivity contribution in [2.75, 3.05) is 14.2 Å². The summed E-state index contributed by atoms with van der Waals surface area (Å²) in [6.07, 6.45) is 0.677. The fourth-order valence-electron chi connectivity index (χ4n) is 3.39. The van der Waals surface area contributed by atoms with Gasteiger partial charge in [-0.3, -0.25) is 0 Å². The number of nitrogens with zero attached hydrogens (tertiary/aromatic N) is 1. The molecule has 1 fully saturated rings. The van der Waals surface area contributed by atoms with Gasteiger partial charge in [-0.25, -0.2) is 0 Å². The summed E-state index contributed by atoms with van der Waals surface area (Å²) in [6.45, 7) is 2.08. The lowest BCUT2D eigenvalue weighted by Crippen LogP contribution is -2.41. The van der Waals surface area contributed by atoms with Gasteiger partial charge in [-0.05, 0) is 35.4 Å². The number of piperidine rings is 1. The van der Waals surface area contributed by atoms with Gasteiger partial charge in [0.25, 0.3) is 0 Å². The van der Waals surface area contributed by atoms with Crippen molar-refractivity contribution in [1.29, 1.82) is 0 Å². The third kappa shape index (κ3) is 3.61. The molecule has 1 heterocycles. The smallest absolute Gasteiger partial charge is 0.118 e. The second-order valence-corrected chi connectivity index (χ2v) is 6.33. The molecule has 5 heteroatoms. The quantitative estimate of drug-likeness (QED) is 0.653. The highest BCUT2D eigenvalue weighted by atomic mass is 16.5. The molecule has 2 N–H and O–H groups in total. The summed E-state index contributed by atoms with van der Waals surface area (Å²) in [6, 6.07) is 16.2. The SMILES string of the molecule is COc1ccc([C@@H]2C/C(=N/O)[C@@H](C)[C@@H](c3ccc(OC)cc3)N2)cc1. The normalized spacial score (nSPS) is 24.9. The van der Waals surface area contributed by atoms with Crippen LogP contribution in [0.25, 0.3) is 0 Å². The van der Waals surface area contributed by atoms with E-state index in [0.29, 0.717) is 6.42 Å². The predicted octanol–water partition coefficient (Wildman–Crippen LogP) is 3.95. The molecule has 0 amide bonds. The van der Waals surface area contributed by atoms with Crippen molar-refractivity contribution in [1.82, 2.24) is 5.32 Å². The number of oxime groups is 1. The maximum absolute atomic E-state index is 9.48. The molecule has 1 saturated heterocycles. The summed E-state index contributed by atoms with van der Waals surface area (Å²) in [7, 11) is 3.32. The monoisotopic (exact) mass is 340 g/mol. The Bertz CT molecular complexity index is 726. The molecule has 5 nitrogen and oxygen atoms in total. The largest absolute Gasteiger partial charge is 0.497 e. The number of ether oxygens (including phenoxy) is 2. The molecular formula is C20H24N2O3. The van der Waals surface area contributed by atoms with Crippen molar-refractivity contribution in [3.8, 4) is 11.5 Å². The summed E-state index contributed by atoms with van der Waals surface area (Å²) in [5.41, 5.74) is 3.10. The fraction of sp³-hybridized carbons (Fsp3) is 0.350. The van der Waals surface area contributed by atoms with Crippen molar-refractivity contribution in [2.45, 2.75) is 25.4 Å². The van der Waals surface area contributed by atoms with Crippen LogP contribution in [-0.2, 0) is 0 Å². The van der Waals surface area contributed by atoms with E-state index in [1.807, 2.05) is 36.4 Å². The molecule has 0 aliphatic carbocycles. The van der Waals surface area contributed by atoms with Gasteiger partial charge < -0.3 is 20.0 Å². The lowest BCUT2D eigenvalue weighted by Gasteiger charge is -2.37. The Hall–Kier alpha value is -2.53. The van der Waals surface area contributed by atoms with Crippen LogP contribution in [0.15, 0.2) is 53.7 Å². The molecule has 2 aromatic rings. The molecule has 0 bridgehead atoms. The van der Waals surface area contributed by atoms with Crippen LogP contribution in [0.4, 0.5) is 0 Å². The van der Waals surface area contributed by atoms with Crippen LogP contribution >= 0.6 is 0 Å². The molecule has 2 aromatic carbocycles. The van der Waals surface area contributed by atoms with Crippen LogP contribution in [0, 0.1) is 5.92 Å². The topological polar surface area (TPSA) is 63.1 Å². The number of hydrogen-bond donors (Lipinski definition) is 2. The number of methoxy groups -OCH3 is 2. The van der Waals surface area contributed by atoms with Gasteiger partial charge in [-0.1, -0.05) is 36.3 Å². The summed E-state index contributed by atoms with van der Waals surface area (Å²) < 4.78 is 10.5. The summed E-state index contributed by atoms with van der Waals surface area (Å²) >= 11 is 0. The van der Waals surface area contributed by atoms with Gasteiger partial charge in [-0.15, -0.1) is 0 Å². The van der Waals surface area contributed by atoms with E-state index < -0.39 is 0 Å². The minimum absolute atomic E-state index is 0.0673. The van der Waals surface area contributed by atoms with Gasteiger partial charge in [0.1, 0.15) is 11.5 Å². The molecule has 0 unspecified atom stereocenters. The van der Waals surface area contributed by atoms with E-state index >= 15 is 0 Å². The van der Waals surface area contributed by atoms with E-state index in [1.165, 1.54) is 0 Å². The van der Waals surface area contributed by atoms with Gasteiger partial charge in [0.2, 0.25) is 0 Å². The van der Waals surface area contributed by atoms with Crippen LogP contribution < -0.4 is 14.8 Å². The Labute approximate surface area is 148 Å². The van der Waals surface area contributed by atoms with E-state index in [2.05, 4.69) is 29.5 Å². The van der Waals surface area contributed by atoms with Crippen LogP contribution in [0.3, 0.4) is 0 Å². The standard InChI is InChI=1S/C20H24N2O3/c1-13-18(22-23)12-19(14-4-8-16(24-2)9-5-14)21-20(13)15-6-10-17(25-3)11-7-15/h4-11,13,19-21,23H,12H2,1-3H3/b22-18-/t13-,19+,20+/m1/s1. The number of benzene rings is 2. The zero-order valence-corrected chi connectivity index (χ0v) is 14.8. The Kier molecular flexibility index (Phi) is 5.24. The first-order valence-corrected chi connectivity index (χ1v) is 8.41. The van der Waals surface area contributed by atoms with E-state index in [-0.39, 0.29) is 18.0 Å². The molecule has 0 spiro atoms. The first kappa shape index (κ1) is 17.3. The molecule has 132 valence electrons. The molecule has 3 rings (SSSR count). The average Bonchev–Trinajstić information content (AvgIpc) is 2.68. The summed E-state index contributed by atoms with van der Waals surface area (Å²) in [4.78, 5) is 0. The van der Waals surface area contributed by atoms with E-state index in [0.717, 1.165) is 28.3 Å². The van der Waals surface area contributed by atoms with Crippen molar-refractivity contribution in [3.05, 3.63) is 59.7 Å². The van der Waals surface area contributed by atoms with Crippen LogP contribution in [0.1, 0.15) is 36.6 Å². The summed E-state index contributed by atoms with van der Waals surface area (Å²) in [5.74, 6) is 1.76. The minimum atomic E-state index is 0.0673. The molecule has 1 aliphatic rings. The predicted molar refractivity (Wildman–Crippen MR) is 97.6 cm³/mol. The van der Waals surface area contributed by atoms with Crippen molar-refractivity contribution >= 4 is 5.71 Å². The number of nitrogens with one attached hydrogen (secondary N) is 1. The highest BCUT2D eigenvalue weighted by Crippen LogP contribution is 2.36. The Morgan fingerprint density at radius 3 is 1.92 bits per heavy atom. The van der Waals surface area contributed by atoms with Gasteiger partial charge in [-0.2, -0.15) is 0 Å².